The molecule has 0 saturated heterocycles. The average molecular weight is 260 g/mol. The molecule has 0 fully saturated rings. The predicted molar refractivity (Wildman–Crippen MR) is 62.5 cm³/mol. The van der Waals surface area contributed by atoms with Gasteiger partial charge in [0.05, 0.1) is 5.69 Å². The van der Waals surface area contributed by atoms with E-state index < -0.39 is 23.4 Å². The zero-order chi connectivity index (χ0) is 13.5. The van der Waals surface area contributed by atoms with Gasteiger partial charge in [-0.15, -0.1) is 0 Å². The average Bonchev–Trinajstić information content (AvgIpc) is 2.32. The molecule has 6 heteroatoms. The van der Waals surface area contributed by atoms with E-state index in [1.165, 1.54) is 0 Å². The van der Waals surface area contributed by atoms with Gasteiger partial charge in [-0.05, 0) is 19.4 Å². The molecular weight excluding hydrogens is 245 g/mol. The summed E-state index contributed by atoms with van der Waals surface area (Å²) in [5.41, 5.74) is 4.94. The maximum atomic E-state index is 13.2. The first kappa shape index (κ1) is 14.5. The van der Waals surface area contributed by atoms with Crippen molar-refractivity contribution in [1.29, 1.82) is 0 Å². The van der Waals surface area contributed by atoms with E-state index in [0.717, 1.165) is 12.8 Å². The van der Waals surface area contributed by atoms with Gasteiger partial charge in [0.1, 0.15) is 5.82 Å². The Balaban J connectivity index is 2.51. The highest BCUT2D eigenvalue weighted by atomic mass is 19.2. The van der Waals surface area contributed by atoms with E-state index in [0.29, 0.717) is 25.1 Å². The number of halogens is 3. The fraction of sp³-hybridized carbons (Fsp3) is 0.417. The smallest absolute Gasteiger partial charge is 0.224 e. The largest absolute Gasteiger partial charge is 0.330 e. The van der Waals surface area contributed by atoms with Gasteiger partial charge in [0.15, 0.2) is 11.6 Å². The lowest BCUT2D eigenvalue weighted by Crippen LogP contribution is -2.13. The standard InChI is InChI=1S/C12H15F3N2O/c13-8-6-10(15)11(7-9(8)14)17-12(18)4-2-1-3-5-16/h6-7H,1-5,16H2,(H,17,18). The predicted octanol–water partition coefficient (Wildman–Crippen LogP) is 2.56. The van der Waals surface area contributed by atoms with Gasteiger partial charge in [-0.25, -0.2) is 13.2 Å². The van der Waals surface area contributed by atoms with Crippen LogP contribution in [-0.2, 0) is 4.79 Å². The lowest BCUT2D eigenvalue weighted by molar-refractivity contribution is -0.116. The molecule has 0 aromatic heterocycles. The number of nitrogens with two attached hydrogens (primary N) is 1. The van der Waals surface area contributed by atoms with E-state index >= 15 is 0 Å². The Morgan fingerprint density at radius 2 is 1.72 bits per heavy atom. The molecule has 1 amide bonds. The highest BCUT2D eigenvalue weighted by Crippen LogP contribution is 2.18. The van der Waals surface area contributed by atoms with Crippen LogP contribution in [0.3, 0.4) is 0 Å². The third-order valence-corrected chi connectivity index (χ3v) is 2.39. The molecule has 3 N–H and O–H groups in total. The first-order valence-corrected chi connectivity index (χ1v) is 5.69. The quantitative estimate of drug-likeness (QED) is 0.610. The van der Waals surface area contributed by atoms with Crippen molar-refractivity contribution >= 4 is 11.6 Å². The second-order valence-electron chi connectivity index (χ2n) is 3.89. The van der Waals surface area contributed by atoms with Crippen LogP contribution in [0.5, 0.6) is 0 Å². The second kappa shape index (κ2) is 7.00. The first-order valence-electron chi connectivity index (χ1n) is 5.69. The molecule has 0 spiro atoms. The molecule has 0 unspecified atom stereocenters. The lowest BCUT2D eigenvalue weighted by atomic mass is 10.2. The number of hydrogen-bond donors (Lipinski definition) is 2. The molecule has 0 radical (unpaired) electrons. The molecule has 1 rings (SSSR count). The molecule has 18 heavy (non-hydrogen) atoms. The normalized spacial score (nSPS) is 10.4. The minimum absolute atomic E-state index is 0.193. The zero-order valence-corrected chi connectivity index (χ0v) is 9.81. The van der Waals surface area contributed by atoms with Crippen LogP contribution >= 0.6 is 0 Å². The summed E-state index contributed by atoms with van der Waals surface area (Å²) in [4.78, 5) is 11.4. The molecule has 0 saturated carbocycles. The van der Waals surface area contributed by atoms with Crippen LogP contribution in [0.1, 0.15) is 25.7 Å². The SMILES string of the molecule is NCCCCCC(=O)Nc1cc(F)c(F)cc1F. The Labute approximate surface area is 103 Å². The van der Waals surface area contributed by atoms with Crippen molar-refractivity contribution in [2.24, 2.45) is 5.73 Å². The highest BCUT2D eigenvalue weighted by molar-refractivity contribution is 5.90. The molecule has 0 aliphatic carbocycles. The molecule has 3 nitrogen and oxygen atoms in total. The number of carbonyl (C=O) groups excluding carboxylic acids is 1. The Morgan fingerprint density at radius 3 is 2.39 bits per heavy atom. The maximum absolute atomic E-state index is 13.2. The Kier molecular flexibility index (Phi) is 5.64. The van der Waals surface area contributed by atoms with Crippen molar-refractivity contribution in [2.45, 2.75) is 25.7 Å². The summed E-state index contributed by atoms with van der Waals surface area (Å²) in [6, 6.07) is 1.03. The lowest BCUT2D eigenvalue weighted by Gasteiger charge is -2.06. The van der Waals surface area contributed by atoms with E-state index in [1.807, 2.05) is 0 Å². The number of unbranched alkanes of at least 4 members (excludes halogenated alkanes) is 2. The van der Waals surface area contributed by atoms with Crippen LogP contribution in [0, 0.1) is 17.5 Å². The Morgan fingerprint density at radius 1 is 1.06 bits per heavy atom. The summed E-state index contributed by atoms with van der Waals surface area (Å²) in [5, 5.41) is 2.20. The minimum atomic E-state index is -1.28. The van der Waals surface area contributed by atoms with Gasteiger partial charge in [0.25, 0.3) is 0 Å². The fourth-order valence-electron chi connectivity index (χ4n) is 1.44. The summed E-state index contributed by atoms with van der Waals surface area (Å²) in [6.07, 6.45) is 2.42. The van der Waals surface area contributed by atoms with Gasteiger partial charge in [0, 0.05) is 18.6 Å². The molecule has 1 aromatic rings. The van der Waals surface area contributed by atoms with Gasteiger partial charge >= 0.3 is 0 Å². The topological polar surface area (TPSA) is 55.1 Å². The molecule has 0 bridgehead atoms. The Hall–Kier alpha value is -1.56. The van der Waals surface area contributed by atoms with Crippen molar-refractivity contribution in [3.05, 3.63) is 29.6 Å². The van der Waals surface area contributed by atoms with E-state index in [-0.39, 0.29) is 12.1 Å². The van der Waals surface area contributed by atoms with Gasteiger partial charge in [0.2, 0.25) is 5.91 Å². The Bertz CT molecular complexity index is 424. The van der Waals surface area contributed by atoms with Crippen molar-refractivity contribution < 1.29 is 18.0 Å². The van der Waals surface area contributed by atoms with Crippen molar-refractivity contribution in [3.63, 3.8) is 0 Å². The molecule has 0 atom stereocenters. The number of amides is 1. The monoisotopic (exact) mass is 260 g/mol. The number of hydrogen-bond acceptors (Lipinski definition) is 2. The molecule has 0 aliphatic heterocycles. The summed E-state index contributed by atoms with van der Waals surface area (Å²) in [7, 11) is 0. The number of nitrogens with one attached hydrogen (secondary N) is 1. The number of benzene rings is 1. The molecular formula is C12H15F3N2O. The summed E-state index contributed by atoms with van der Waals surface area (Å²) >= 11 is 0. The maximum Gasteiger partial charge on any atom is 0.224 e. The van der Waals surface area contributed by atoms with Crippen LogP contribution in [0.25, 0.3) is 0 Å². The number of carbonyl (C=O) groups is 1. The molecule has 0 heterocycles. The fourth-order valence-corrected chi connectivity index (χ4v) is 1.44. The molecule has 100 valence electrons. The summed E-state index contributed by atoms with van der Waals surface area (Å²) < 4.78 is 38.7. The second-order valence-corrected chi connectivity index (χ2v) is 3.89. The molecule has 1 aromatic carbocycles. The van der Waals surface area contributed by atoms with Crippen molar-refractivity contribution in [1.82, 2.24) is 0 Å². The third-order valence-electron chi connectivity index (χ3n) is 2.39. The minimum Gasteiger partial charge on any atom is -0.330 e. The van der Waals surface area contributed by atoms with Crippen molar-refractivity contribution in [2.75, 3.05) is 11.9 Å². The van der Waals surface area contributed by atoms with E-state index in [4.69, 9.17) is 5.73 Å². The van der Waals surface area contributed by atoms with Crippen LogP contribution in [-0.4, -0.2) is 12.5 Å². The number of anilines is 1. The first-order chi connectivity index (χ1) is 8.54. The van der Waals surface area contributed by atoms with Crippen LogP contribution < -0.4 is 11.1 Å². The number of rotatable bonds is 6. The van der Waals surface area contributed by atoms with Crippen LogP contribution in [0.15, 0.2) is 12.1 Å². The zero-order valence-electron chi connectivity index (χ0n) is 9.81. The van der Waals surface area contributed by atoms with E-state index in [9.17, 15) is 18.0 Å². The summed E-state index contributed by atoms with van der Waals surface area (Å²) in [6.45, 7) is 0.555. The highest BCUT2D eigenvalue weighted by Gasteiger charge is 2.11. The molecule has 0 aliphatic rings. The van der Waals surface area contributed by atoms with Crippen LogP contribution in [0.4, 0.5) is 18.9 Å². The van der Waals surface area contributed by atoms with Gasteiger partial charge in [-0.1, -0.05) is 6.42 Å². The van der Waals surface area contributed by atoms with E-state index in [2.05, 4.69) is 5.32 Å². The summed E-state index contributed by atoms with van der Waals surface area (Å²) in [5.74, 6) is -3.91. The van der Waals surface area contributed by atoms with Crippen molar-refractivity contribution in [3.8, 4) is 0 Å². The van der Waals surface area contributed by atoms with E-state index in [1.54, 1.807) is 0 Å². The van der Waals surface area contributed by atoms with Gasteiger partial charge in [-0.2, -0.15) is 0 Å². The van der Waals surface area contributed by atoms with Crippen LogP contribution in [0.2, 0.25) is 0 Å². The third kappa shape index (κ3) is 4.37. The van der Waals surface area contributed by atoms with Gasteiger partial charge in [-0.3, -0.25) is 4.79 Å². The van der Waals surface area contributed by atoms with Gasteiger partial charge < -0.3 is 11.1 Å².